The number of hydrogen-bond donors (Lipinski definition) is 0. The minimum absolute atomic E-state index is 1.25. The monoisotopic (exact) mass is 652 g/mol. The van der Waals surface area contributed by atoms with Gasteiger partial charge in [-0.2, -0.15) is 0 Å². The topological polar surface area (TPSA) is 0 Å². The van der Waals surface area contributed by atoms with Gasteiger partial charge in [-0.15, -0.1) is 0 Å². The molecule has 0 bridgehead atoms. The third-order valence-electron chi connectivity index (χ3n) is 12.2. The minimum Gasteiger partial charge on any atom is -0.0622 e. The Morgan fingerprint density at radius 3 is 1.29 bits per heavy atom. The molecule has 2 aliphatic rings. The third-order valence-corrected chi connectivity index (χ3v) is 12.2. The maximum atomic E-state index is 2.48. The van der Waals surface area contributed by atoms with E-state index in [-0.39, 0.29) is 0 Å². The summed E-state index contributed by atoms with van der Waals surface area (Å²) < 4.78 is 0. The lowest BCUT2D eigenvalue weighted by molar-refractivity contribution is 1.65. The van der Waals surface area contributed by atoms with Crippen molar-refractivity contribution in [2.45, 2.75) is 0 Å². The molecule has 0 unspecified atom stereocenters. The summed E-state index contributed by atoms with van der Waals surface area (Å²) in [4.78, 5) is 0. The van der Waals surface area contributed by atoms with Gasteiger partial charge in [0.2, 0.25) is 0 Å². The van der Waals surface area contributed by atoms with Gasteiger partial charge in [0.05, 0.1) is 0 Å². The van der Waals surface area contributed by atoms with Crippen LogP contribution in [0.25, 0.3) is 131 Å². The maximum Gasteiger partial charge on any atom is -0.00199 e. The van der Waals surface area contributed by atoms with E-state index in [0.29, 0.717) is 0 Å². The van der Waals surface area contributed by atoms with E-state index in [1.165, 1.54) is 131 Å². The van der Waals surface area contributed by atoms with Crippen LogP contribution < -0.4 is 0 Å². The van der Waals surface area contributed by atoms with E-state index in [1.54, 1.807) is 0 Å². The van der Waals surface area contributed by atoms with E-state index in [0.717, 1.165) is 0 Å². The summed E-state index contributed by atoms with van der Waals surface area (Å²) in [6.45, 7) is 0. The highest BCUT2D eigenvalue weighted by Crippen LogP contribution is 2.53. The van der Waals surface area contributed by atoms with Crippen molar-refractivity contribution in [3.05, 3.63) is 170 Å². The highest BCUT2D eigenvalue weighted by molar-refractivity contribution is 6.28. The molecular formula is C52H28. The van der Waals surface area contributed by atoms with Gasteiger partial charge in [0.1, 0.15) is 0 Å². The van der Waals surface area contributed by atoms with Crippen LogP contribution >= 0.6 is 0 Å². The smallest absolute Gasteiger partial charge is 0.00199 e. The van der Waals surface area contributed by atoms with Gasteiger partial charge in [-0.25, -0.2) is 0 Å². The number of rotatable bonds is 1. The summed E-state index contributed by atoms with van der Waals surface area (Å²) in [5.74, 6) is 0. The molecule has 0 amide bonds. The molecule has 0 saturated heterocycles. The summed E-state index contributed by atoms with van der Waals surface area (Å²) in [5.41, 5.74) is 13.3. The Hall–Kier alpha value is -6.76. The molecule has 0 saturated carbocycles. The Kier molecular flexibility index (Phi) is 4.94. The molecular weight excluding hydrogens is 625 g/mol. The predicted molar refractivity (Wildman–Crippen MR) is 223 cm³/mol. The van der Waals surface area contributed by atoms with Crippen LogP contribution in [0.5, 0.6) is 0 Å². The summed E-state index contributed by atoms with van der Waals surface area (Å²) >= 11 is 0. The standard InChI is InChI=1S/C52H28/c1-2-8-29(9-3-1)30-16-17-32-26-50-46-24-34-19-21-36-37(44(34)28-48(46)41-15-7-13-39(52(41)50)42(32)22-30)20-18-33-23-45-47(27-43(33)36)40-14-6-12-38-35-11-5-4-10-31(35)25-49(45)51(38)40/h1-28H. The summed E-state index contributed by atoms with van der Waals surface area (Å²) in [6.07, 6.45) is 0. The van der Waals surface area contributed by atoms with Crippen LogP contribution in [0.4, 0.5) is 0 Å². The van der Waals surface area contributed by atoms with Gasteiger partial charge in [-0.3, -0.25) is 0 Å². The second kappa shape index (κ2) is 9.51. The highest BCUT2D eigenvalue weighted by atomic mass is 14.3. The molecule has 0 aliphatic heterocycles. The van der Waals surface area contributed by atoms with E-state index in [2.05, 4.69) is 170 Å². The second-order valence-electron chi connectivity index (χ2n) is 14.8. The summed E-state index contributed by atoms with van der Waals surface area (Å²) in [6, 6.07) is 64.2. The minimum atomic E-state index is 1.25. The zero-order valence-corrected chi connectivity index (χ0v) is 28.2. The van der Waals surface area contributed by atoms with Crippen LogP contribution in [0.3, 0.4) is 0 Å². The average molecular weight is 653 g/mol. The molecule has 0 radical (unpaired) electrons. The molecule has 11 aromatic rings. The van der Waals surface area contributed by atoms with Crippen molar-refractivity contribution in [1.82, 2.24) is 0 Å². The number of fused-ring (bicyclic) bond motifs is 15. The first-order valence-corrected chi connectivity index (χ1v) is 18.2. The Labute approximate surface area is 299 Å². The fourth-order valence-corrected chi connectivity index (χ4v) is 9.92. The first kappa shape index (κ1) is 27.0. The van der Waals surface area contributed by atoms with E-state index in [4.69, 9.17) is 0 Å². The van der Waals surface area contributed by atoms with Gasteiger partial charge in [0, 0.05) is 0 Å². The van der Waals surface area contributed by atoms with E-state index in [9.17, 15) is 0 Å². The summed E-state index contributed by atoms with van der Waals surface area (Å²) in [7, 11) is 0. The zero-order valence-electron chi connectivity index (χ0n) is 28.2. The molecule has 52 heavy (non-hydrogen) atoms. The van der Waals surface area contributed by atoms with E-state index in [1.807, 2.05) is 0 Å². The van der Waals surface area contributed by atoms with Crippen molar-refractivity contribution < 1.29 is 0 Å². The molecule has 0 heterocycles. The lowest BCUT2D eigenvalue weighted by atomic mass is 9.91. The Morgan fingerprint density at radius 2 is 0.654 bits per heavy atom. The number of hydrogen-bond acceptors (Lipinski definition) is 0. The molecule has 236 valence electrons. The second-order valence-corrected chi connectivity index (χ2v) is 14.8. The fraction of sp³-hybridized carbons (Fsp3) is 0. The molecule has 11 aromatic carbocycles. The van der Waals surface area contributed by atoms with Crippen LogP contribution in [-0.4, -0.2) is 0 Å². The van der Waals surface area contributed by atoms with Crippen LogP contribution in [-0.2, 0) is 0 Å². The first-order valence-electron chi connectivity index (χ1n) is 18.2. The molecule has 0 heteroatoms. The number of benzene rings is 11. The summed E-state index contributed by atoms with van der Waals surface area (Å²) in [5, 5.41) is 18.5. The molecule has 0 atom stereocenters. The van der Waals surface area contributed by atoms with Gasteiger partial charge >= 0.3 is 0 Å². The predicted octanol–water partition coefficient (Wildman–Crippen LogP) is 14.7. The van der Waals surface area contributed by atoms with Gasteiger partial charge in [-0.1, -0.05) is 127 Å². The van der Waals surface area contributed by atoms with Gasteiger partial charge < -0.3 is 0 Å². The Morgan fingerprint density at radius 1 is 0.192 bits per heavy atom. The zero-order chi connectivity index (χ0) is 33.7. The largest absolute Gasteiger partial charge is 0.0622 e. The fourth-order valence-electron chi connectivity index (χ4n) is 9.92. The lowest BCUT2D eigenvalue weighted by Gasteiger charge is -2.12. The van der Waals surface area contributed by atoms with Crippen molar-refractivity contribution >= 4 is 75.4 Å². The molecule has 0 fully saturated rings. The van der Waals surface area contributed by atoms with Crippen molar-refractivity contribution in [3.8, 4) is 55.6 Å². The van der Waals surface area contributed by atoms with Crippen LogP contribution in [0.1, 0.15) is 0 Å². The normalized spacial score (nSPS) is 12.6. The van der Waals surface area contributed by atoms with E-state index >= 15 is 0 Å². The highest BCUT2D eigenvalue weighted by Gasteiger charge is 2.26. The average Bonchev–Trinajstić information content (AvgIpc) is 3.68. The van der Waals surface area contributed by atoms with Crippen molar-refractivity contribution in [2.24, 2.45) is 0 Å². The molecule has 0 aromatic heterocycles. The molecule has 2 aliphatic carbocycles. The molecule has 0 spiro atoms. The molecule has 0 N–H and O–H groups in total. The first-order chi connectivity index (χ1) is 25.8. The van der Waals surface area contributed by atoms with Gasteiger partial charge in [0.25, 0.3) is 0 Å². The van der Waals surface area contributed by atoms with Crippen molar-refractivity contribution in [2.75, 3.05) is 0 Å². The van der Waals surface area contributed by atoms with Crippen LogP contribution in [0.2, 0.25) is 0 Å². The van der Waals surface area contributed by atoms with Crippen molar-refractivity contribution in [1.29, 1.82) is 0 Å². The quantitative estimate of drug-likeness (QED) is 0.155. The van der Waals surface area contributed by atoms with Crippen molar-refractivity contribution in [3.63, 3.8) is 0 Å². The molecule has 0 nitrogen and oxygen atoms in total. The lowest BCUT2D eigenvalue weighted by Crippen LogP contribution is -1.85. The van der Waals surface area contributed by atoms with Crippen LogP contribution in [0, 0.1) is 0 Å². The maximum absolute atomic E-state index is 2.48. The Bertz CT molecular complexity index is 3440. The van der Waals surface area contributed by atoms with Gasteiger partial charge in [-0.05, 0) is 174 Å². The Balaban J connectivity index is 1.03. The van der Waals surface area contributed by atoms with Crippen LogP contribution in [0.15, 0.2) is 170 Å². The van der Waals surface area contributed by atoms with E-state index < -0.39 is 0 Å². The third kappa shape index (κ3) is 3.37. The SMILES string of the molecule is c1ccc(-c2ccc3cc4c5c(cccc5c3c2)-c2cc3c(ccc5c6cc7c(cc6ccc35)-c3cc5ccccc5c5cccc-7c35)cc2-4)cc1. The van der Waals surface area contributed by atoms with Gasteiger partial charge in [0.15, 0.2) is 0 Å². The molecule has 13 rings (SSSR count).